The first-order chi connectivity index (χ1) is 12.1. The molecule has 2 aromatic heterocycles. The number of amides is 1. The average molecular weight is 414 g/mol. The van der Waals surface area contributed by atoms with E-state index in [1.807, 2.05) is 47.5 Å². The first kappa shape index (κ1) is 16.3. The zero-order valence-corrected chi connectivity index (χ0v) is 16.0. The molecule has 3 aromatic rings. The first-order valence-corrected chi connectivity index (χ1v) is 9.62. The molecular weight excluding hydrogens is 398 g/mol. The molecule has 6 heteroatoms. The first-order valence-electron chi connectivity index (χ1n) is 7.94. The van der Waals surface area contributed by atoms with Crippen LogP contribution in [0.3, 0.4) is 0 Å². The molecule has 0 aliphatic carbocycles. The topological polar surface area (TPSA) is 45.2 Å². The van der Waals surface area contributed by atoms with Gasteiger partial charge < -0.3 is 10.2 Å². The van der Waals surface area contributed by atoms with Gasteiger partial charge in [-0.3, -0.25) is 9.78 Å². The van der Waals surface area contributed by atoms with E-state index in [4.69, 9.17) is 0 Å². The standard InChI is InChI=1S/C19H16BrN3OS/c1-12-10-13(6-7-16(12)20)22-18-17-15(5-2-8-21-17)19(24)23(18)11-14-4-3-9-25-14/h2-10,18,22H,11H2,1H3/t18-/m0/s1. The summed E-state index contributed by atoms with van der Waals surface area (Å²) in [5.74, 6) is 0.0165. The molecule has 1 aromatic carbocycles. The smallest absolute Gasteiger partial charge is 0.258 e. The Kier molecular flexibility index (Phi) is 4.31. The molecule has 0 fully saturated rings. The normalized spacial score (nSPS) is 16.2. The minimum Gasteiger partial charge on any atom is -0.360 e. The van der Waals surface area contributed by atoms with Crippen molar-refractivity contribution in [3.05, 3.63) is 80.2 Å². The summed E-state index contributed by atoms with van der Waals surface area (Å²) in [5, 5.41) is 5.51. The molecule has 1 N–H and O–H groups in total. The fraction of sp³-hybridized carbons (Fsp3) is 0.158. The van der Waals surface area contributed by atoms with E-state index in [-0.39, 0.29) is 12.1 Å². The molecule has 1 atom stereocenters. The highest BCUT2D eigenvalue weighted by molar-refractivity contribution is 9.10. The molecule has 0 saturated carbocycles. The minimum absolute atomic E-state index is 0.0165. The zero-order chi connectivity index (χ0) is 17.4. The third-order valence-electron chi connectivity index (χ3n) is 4.27. The van der Waals surface area contributed by atoms with Crippen molar-refractivity contribution in [2.75, 3.05) is 5.32 Å². The number of aryl methyl sites for hydroxylation is 1. The molecule has 1 aliphatic heterocycles. The van der Waals surface area contributed by atoms with E-state index < -0.39 is 0 Å². The third kappa shape index (κ3) is 3.07. The maximum absolute atomic E-state index is 12.9. The summed E-state index contributed by atoms with van der Waals surface area (Å²) < 4.78 is 1.06. The molecule has 0 spiro atoms. The van der Waals surface area contributed by atoms with Crippen molar-refractivity contribution in [2.45, 2.75) is 19.6 Å². The number of carbonyl (C=O) groups excluding carboxylic acids is 1. The summed E-state index contributed by atoms with van der Waals surface area (Å²) in [7, 11) is 0. The van der Waals surface area contributed by atoms with Gasteiger partial charge in [-0.25, -0.2) is 0 Å². The third-order valence-corrected chi connectivity index (χ3v) is 6.02. The van der Waals surface area contributed by atoms with E-state index in [9.17, 15) is 4.79 Å². The SMILES string of the molecule is Cc1cc(N[C@@H]2c3ncccc3C(=O)N2Cc2cccs2)ccc1Br. The lowest BCUT2D eigenvalue weighted by Gasteiger charge is -2.26. The summed E-state index contributed by atoms with van der Waals surface area (Å²) in [6.07, 6.45) is 1.47. The van der Waals surface area contributed by atoms with E-state index in [0.29, 0.717) is 12.1 Å². The molecular formula is C19H16BrN3OS. The number of hydrogen-bond donors (Lipinski definition) is 1. The number of carbonyl (C=O) groups is 1. The van der Waals surface area contributed by atoms with E-state index >= 15 is 0 Å². The summed E-state index contributed by atoms with van der Waals surface area (Å²) >= 11 is 5.18. The van der Waals surface area contributed by atoms with Crippen LogP contribution in [-0.4, -0.2) is 15.8 Å². The number of nitrogens with one attached hydrogen (secondary N) is 1. The Hall–Kier alpha value is -2.18. The Labute approximate surface area is 158 Å². The number of nitrogens with zero attached hydrogens (tertiary/aromatic N) is 2. The van der Waals surface area contributed by atoms with Gasteiger partial charge in [-0.15, -0.1) is 11.3 Å². The van der Waals surface area contributed by atoms with Gasteiger partial charge in [-0.1, -0.05) is 22.0 Å². The fourth-order valence-electron chi connectivity index (χ4n) is 3.01. The second-order valence-electron chi connectivity index (χ2n) is 5.96. The summed E-state index contributed by atoms with van der Waals surface area (Å²) in [6, 6.07) is 13.8. The monoisotopic (exact) mass is 413 g/mol. The molecule has 3 heterocycles. The minimum atomic E-state index is -0.272. The molecule has 1 aliphatic rings. The lowest BCUT2D eigenvalue weighted by atomic mass is 10.2. The molecule has 0 saturated heterocycles. The van der Waals surface area contributed by atoms with Crippen molar-refractivity contribution >= 4 is 38.9 Å². The van der Waals surface area contributed by atoms with Crippen LogP contribution >= 0.6 is 27.3 Å². The van der Waals surface area contributed by atoms with Crippen molar-refractivity contribution in [3.63, 3.8) is 0 Å². The largest absolute Gasteiger partial charge is 0.360 e. The van der Waals surface area contributed by atoms with E-state index in [2.05, 4.69) is 38.4 Å². The van der Waals surface area contributed by atoms with E-state index in [0.717, 1.165) is 26.3 Å². The number of hydrogen-bond acceptors (Lipinski definition) is 4. The quantitative estimate of drug-likeness (QED) is 0.655. The number of fused-ring (bicyclic) bond motifs is 1. The Balaban J connectivity index is 1.70. The highest BCUT2D eigenvalue weighted by Crippen LogP contribution is 2.35. The number of halogens is 1. The Bertz CT molecular complexity index is 926. The van der Waals surface area contributed by atoms with Gasteiger partial charge in [0.25, 0.3) is 5.91 Å². The van der Waals surface area contributed by atoms with Crippen molar-refractivity contribution in [1.82, 2.24) is 9.88 Å². The van der Waals surface area contributed by atoms with Crippen LogP contribution in [0.25, 0.3) is 0 Å². The van der Waals surface area contributed by atoms with E-state index in [1.165, 1.54) is 0 Å². The van der Waals surface area contributed by atoms with Crippen molar-refractivity contribution in [2.24, 2.45) is 0 Å². The Morgan fingerprint density at radius 3 is 2.92 bits per heavy atom. The van der Waals surface area contributed by atoms with Crippen molar-refractivity contribution < 1.29 is 4.79 Å². The van der Waals surface area contributed by atoms with Gasteiger partial charge in [0.05, 0.1) is 17.8 Å². The number of aromatic nitrogens is 1. The fourth-order valence-corrected chi connectivity index (χ4v) is 3.96. The number of benzene rings is 1. The number of pyridine rings is 1. The van der Waals surface area contributed by atoms with Gasteiger partial charge in [0.15, 0.2) is 0 Å². The maximum atomic E-state index is 12.9. The number of anilines is 1. The Morgan fingerprint density at radius 2 is 2.16 bits per heavy atom. The molecule has 1 amide bonds. The predicted octanol–water partition coefficient (Wildman–Crippen LogP) is 4.98. The molecule has 0 bridgehead atoms. The Morgan fingerprint density at radius 1 is 1.28 bits per heavy atom. The van der Waals surface area contributed by atoms with Gasteiger partial charge in [-0.2, -0.15) is 0 Å². The molecule has 0 radical (unpaired) electrons. The van der Waals surface area contributed by atoms with Crippen LogP contribution in [0, 0.1) is 6.92 Å². The van der Waals surface area contributed by atoms with Crippen LogP contribution in [0.4, 0.5) is 5.69 Å². The molecule has 0 unspecified atom stereocenters. The lowest BCUT2D eigenvalue weighted by Crippen LogP contribution is -2.31. The second kappa shape index (κ2) is 6.61. The summed E-state index contributed by atoms with van der Waals surface area (Å²) in [6.45, 7) is 2.62. The van der Waals surface area contributed by atoms with Gasteiger partial charge >= 0.3 is 0 Å². The second-order valence-corrected chi connectivity index (χ2v) is 7.85. The average Bonchev–Trinajstić information content (AvgIpc) is 3.21. The zero-order valence-electron chi connectivity index (χ0n) is 13.6. The van der Waals surface area contributed by atoms with Crippen molar-refractivity contribution in [3.8, 4) is 0 Å². The highest BCUT2D eigenvalue weighted by Gasteiger charge is 2.38. The van der Waals surface area contributed by atoms with Gasteiger partial charge in [0, 0.05) is 21.2 Å². The molecule has 25 heavy (non-hydrogen) atoms. The van der Waals surface area contributed by atoms with Gasteiger partial charge in [-0.05, 0) is 54.3 Å². The van der Waals surface area contributed by atoms with Crippen LogP contribution in [0.5, 0.6) is 0 Å². The molecule has 4 rings (SSSR count). The van der Waals surface area contributed by atoms with Crippen molar-refractivity contribution in [1.29, 1.82) is 0 Å². The van der Waals surface area contributed by atoms with Crippen LogP contribution in [0.1, 0.15) is 32.7 Å². The van der Waals surface area contributed by atoms with Crippen LogP contribution < -0.4 is 5.32 Å². The van der Waals surface area contributed by atoms with Crippen LogP contribution in [0.2, 0.25) is 0 Å². The molecule has 126 valence electrons. The number of thiophene rings is 1. The highest BCUT2D eigenvalue weighted by atomic mass is 79.9. The maximum Gasteiger partial charge on any atom is 0.258 e. The number of rotatable bonds is 4. The lowest BCUT2D eigenvalue weighted by molar-refractivity contribution is 0.0729. The summed E-state index contributed by atoms with van der Waals surface area (Å²) in [5.41, 5.74) is 3.56. The van der Waals surface area contributed by atoms with Crippen LogP contribution in [0.15, 0.2) is 58.5 Å². The van der Waals surface area contributed by atoms with Gasteiger partial charge in [0.1, 0.15) is 6.17 Å². The predicted molar refractivity (Wildman–Crippen MR) is 104 cm³/mol. The van der Waals surface area contributed by atoms with Gasteiger partial charge in [0.2, 0.25) is 0 Å². The summed E-state index contributed by atoms with van der Waals surface area (Å²) in [4.78, 5) is 20.4. The van der Waals surface area contributed by atoms with Crippen LogP contribution in [-0.2, 0) is 6.54 Å². The molecule has 4 nitrogen and oxygen atoms in total. The van der Waals surface area contributed by atoms with E-state index in [1.54, 1.807) is 17.5 Å².